The van der Waals surface area contributed by atoms with Gasteiger partial charge in [0.15, 0.2) is 5.13 Å². The van der Waals surface area contributed by atoms with Crippen molar-refractivity contribution in [3.63, 3.8) is 0 Å². The van der Waals surface area contributed by atoms with Crippen molar-refractivity contribution in [3.8, 4) is 0 Å². The maximum Gasteiger partial charge on any atom is 0.321 e. The number of aliphatic hydroxyl groups excluding tert-OH is 1. The number of carbonyl (C=O) groups excluding carboxylic acids is 3. The summed E-state index contributed by atoms with van der Waals surface area (Å²) in [6, 6.07) is 13.0. The Kier molecular flexibility index (Phi) is 13.7. The van der Waals surface area contributed by atoms with E-state index >= 15 is 0 Å². The number of nitrogens with zero attached hydrogens (tertiary/aromatic N) is 5. The van der Waals surface area contributed by atoms with Crippen LogP contribution in [-0.4, -0.2) is 106 Å². The lowest BCUT2D eigenvalue weighted by Crippen LogP contribution is -2.57. The maximum absolute atomic E-state index is 14.1. The Labute approximate surface area is 303 Å². The predicted molar refractivity (Wildman–Crippen MR) is 195 cm³/mol. The Morgan fingerprint density at radius 1 is 1.06 bits per heavy atom. The second-order valence-corrected chi connectivity index (χ2v) is 16.1. The summed E-state index contributed by atoms with van der Waals surface area (Å²) in [6.45, 7) is 9.53. The molecule has 0 spiro atoms. The first-order chi connectivity index (χ1) is 24.2. The molecule has 1 saturated heterocycles. The molecule has 51 heavy (non-hydrogen) atoms. The number of sulfonamides is 1. The van der Waals surface area contributed by atoms with Gasteiger partial charge in [0.1, 0.15) is 6.04 Å². The summed E-state index contributed by atoms with van der Waals surface area (Å²) in [5, 5.41) is 31.4. The number of oxime groups is 1. The number of hydrogen-bond acceptors (Lipinski definition) is 10. The number of nitrogens with one attached hydrogen (secondary N) is 2. The Balaban J connectivity index is 1.55. The van der Waals surface area contributed by atoms with E-state index in [0.29, 0.717) is 29.5 Å². The Morgan fingerprint density at radius 3 is 2.35 bits per heavy atom. The van der Waals surface area contributed by atoms with Crippen molar-refractivity contribution >= 4 is 50.6 Å². The lowest BCUT2D eigenvalue weighted by Gasteiger charge is -2.34. The van der Waals surface area contributed by atoms with E-state index in [1.165, 1.54) is 57.9 Å². The van der Waals surface area contributed by atoms with Crippen LogP contribution < -0.4 is 10.6 Å². The van der Waals surface area contributed by atoms with Crippen LogP contribution in [0.2, 0.25) is 0 Å². The van der Waals surface area contributed by atoms with Gasteiger partial charge in [-0.25, -0.2) is 18.2 Å². The molecule has 2 heterocycles. The summed E-state index contributed by atoms with van der Waals surface area (Å²) in [4.78, 5) is 46.7. The highest BCUT2D eigenvalue weighted by Crippen LogP contribution is 2.24. The topological polar surface area (TPSA) is 185 Å². The molecule has 3 atom stereocenters. The van der Waals surface area contributed by atoms with Gasteiger partial charge in [-0.05, 0) is 41.5 Å². The molecule has 0 saturated carbocycles. The number of carbonyl (C=O) groups is 3. The van der Waals surface area contributed by atoms with Crippen molar-refractivity contribution in [2.45, 2.75) is 70.7 Å². The standard InChI is InChI=1S/C35H47N7O7S2/c1-23(2)19-41(51(48,49)29-13-11-27(12-14-29)18-36-47)21-31(44)30(17-26-9-7-6-8-10-26)39-33(45)32(24(3)4)42-16-15-40(35(42)46)20-28-22-50-34(38-28)37-25(5)43/h6-14,18,22-24,30-32,44,47H,15-17,19-21H2,1-5H3,(H,39,45)(H,37,38,43)/b36-18+/t30-,31+,32-/m0/s1. The molecule has 2 aromatic carbocycles. The molecule has 4 N–H and O–H groups in total. The van der Waals surface area contributed by atoms with Crippen molar-refractivity contribution < 1.29 is 33.1 Å². The molecule has 0 unspecified atom stereocenters. The van der Waals surface area contributed by atoms with Crippen molar-refractivity contribution in [1.29, 1.82) is 0 Å². The van der Waals surface area contributed by atoms with E-state index in [1.54, 1.807) is 10.3 Å². The zero-order valence-electron chi connectivity index (χ0n) is 29.5. The van der Waals surface area contributed by atoms with Crippen LogP contribution in [0.4, 0.5) is 9.93 Å². The lowest BCUT2D eigenvalue weighted by molar-refractivity contribution is -0.128. The van der Waals surface area contributed by atoms with Crippen molar-refractivity contribution in [2.75, 3.05) is 31.5 Å². The molecule has 4 amide bonds. The van der Waals surface area contributed by atoms with Crippen LogP contribution in [0.1, 0.15) is 51.4 Å². The third kappa shape index (κ3) is 10.6. The molecule has 1 aliphatic heterocycles. The quantitative estimate of drug-likeness (QED) is 0.0919. The SMILES string of the molecule is CC(=O)Nc1nc(CN2CCN([C@H](C(=O)N[C@@H](Cc3ccccc3)[C@H](O)CN(CC(C)C)S(=O)(=O)c3ccc(/C=N/O)cc3)C(C)C)C2=O)cs1. The molecule has 16 heteroatoms. The van der Waals surface area contributed by atoms with Crippen LogP contribution in [0, 0.1) is 11.8 Å². The molecule has 0 bridgehead atoms. The van der Waals surface area contributed by atoms with Crippen molar-refractivity contribution in [1.82, 2.24) is 24.4 Å². The summed E-state index contributed by atoms with van der Waals surface area (Å²) < 4.78 is 29.0. The van der Waals surface area contributed by atoms with Gasteiger partial charge in [-0.15, -0.1) is 11.3 Å². The Morgan fingerprint density at radius 2 is 1.75 bits per heavy atom. The van der Waals surface area contributed by atoms with E-state index in [0.717, 1.165) is 5.56 Å². The van der Waals surface area contributed by atoms with Crippen molar-refractivity contribution in [3.05, 3.63) is 76.8 Å². The minimum Gasteiger partial charge on any atom is -0.411 e. The van der Waals surface area contributed by atoms with Crippen LogP contribution in [0.3, 0.4) is 0 Å². The fourth-order valence-corrected chi connectivity index (χ4v) is 8.34. The number of aliphatic hydroxyl groups is 1. The first-order valence-corrected chi connectivity index (χ1v) is 19.1. The molecule has 1 aromatic heterocycles. The van der Waals surface area contributed by atoms with Crippen LogP contribution in [0.15, 0.2) is 70.0 Å². The van der Waals surface area contributed by atoms with Gasteiger partial charge in [0, 0.05) is 38.5 Å². The first-order valence-electron chi connectivity index (χ1n) is 16.8. The van der Waals surface area contributed by atoms with E-state index in [9.17, 15) is 27.9 Å². The van der Waals surface area contributed by atoms with Crippen LogP contribution in [0.25, 0.3) is 0 Å². The van der Waals surface area contributed by atoms with E-state index < -0.39 is 34.1 Å². The highest BCUT2D eigenvalue weighted by Gasteiger charge is 2.40. The second-order valence-electron chi connectivity index (χ2n) is 13.3. The van der Waals surface area contributed by atoms with Crippen LogP contribution >= 0.6 is 11.3 Å². The zero-order chi connectivity index (χ0) is 37.3. The molecule has 0 radical (unpaired) electrons. The van der Waals surface area contributed by atoms with E-state index in [2.05, 4.69) is 20.8 Å². The second kappa shape index (κ2) is 17.7. The summed E-state index contributed by atoms with van der Waals surface area (Å²) in [5.41, 5.74) is 1.95. The van der Waals surface area contributed by atoms with Gasteiger partial charge >= 0.3 is 6.03 Å². The molecule has 1 fully saturated rings. The van der Waals surface area contributed by atoms with Gasteiger partial charge in [-0.1, -0.05) is 75.3 Å². The third-order valence-corrected chi connectivity index (χ3v) is 11.0. The maximum atomic E-state index is 14.1. The molecule has 1 aliphatic rings. The number of thiazole rings is 1. The number of rotatable bonds is 17. The van der Waals surface area contributed by atoms with E-state index in [-0.39, 0.29) is 54.7 Å². The monoisotopic (exact) mass is 741 g/mol. The molecular weight excluding hydrogens is 695 g/mol. The Hall–Kier alpha value is -4.38. The van der Waals surface area contributed by atoms with Crippen LogP contribution in [0.5, 0.6) is 0 Å². The fraction of sp³-hybridized carbons (Fsp3) is 0.457. The summed E-state index contributed by atoms with van der Waals surface area (Å²) in [6.07, 6.45) is 0.0838. The molecular formula is C35H47N7O7S2. The van der Waals surface area contributed by atoms with Gasteiger partial charge in [-0.3, -0.25) is 9.59 Å². The highest BCUT2D eigenvalue weighted by molar-refractivity contribution is 7.89. The molecule has 14 nitrogen and oxygen atoms in total. The molecule has 0 aliphatic carbocycles. The number of hydrogen-bond donors (Lipinski definition) is 4. The van der Waals surface area contributed by atoms with Gasteiger partial charge in [0.05, 0.1) is 35.5 Å². The van der Waals surface area contributed by atoms with Crippen molar-refractivity contribution in [2.24, 2.45) is 17.0 Å². The normalized spacial score (nSPS) is 15.6. The number of urea groups is 1. The zero-order valence-corrected chi connectivity index (χ0v) is 31.1. The summed E-state index contributed by atoms with van der Waals surface area (Å²) >= 11 is 1.26. The highest BCUT2D eigenvalue weighted by atomic mass is 32.2. The number of amides is 4. The van der Waals surface area contributed by atoms with Gasteiger partial charge < -0.3 is 30.7 Å². The number of aromatic nitrogens is 1. The predicted octanol–water partition coefficient (Wildman–Crippen LogP) is 3.61. The molecule has 4 rings (SSSR count). The average molecular weight is 742 g/mol. The van der Waals surface area contributed by atoms with Gasteiger partial charge in [0.25, 0.3) is 0 Å². The molecule has 276 valence electrons. The number of benzene rings is 2. The minimum absolute atomic E-state index is 0.00930. The van der Waals surface area contributed by atoms with E-state index in [1.807, 2.05) is 58.0 Å². The summed E-state index contributed by atoms with van der Waals surface area (Å²) in [7, 11) is -4.07. The average Bonchev–Trinajstić information content (AvgIpc) is 3.66. The smallest absolute Gasteiger partial charge is 0.321 e. The largest absolute Gasteiger partial charge is 0.411 e. The van der Waals surface area contributed by atoms with E-state index in [4.69, 9.17) is 5.21 Å². The third-order valence-electron chi connectivity index (χ3n) is 8.33. The first kappa shape index (κ1) is 39.4. The van der Waals surface area contributed by atoms with Gasteiger partial charge in [0.2, 0.25) is 21.8 Å². The summed E-state index contributed by atoms with van der Waals surface area (Å²) in [5.74, 6) is -1.06. The minimum atomic E-state index is -4.07. The number of anilines is 1. The fourth-order valence-electron chi connectivity index (χ4n) is 5.97. The molecule has 3 aromatic rings. The lowest BCUT2D eigenvalue weighted by atomic mass is 9.97. The Bertz CT molecular complexity index is 1770. The van der Waals surface area contributed by atoms with Crippen LogP contribution in [-0.2, 0) is 32.6 Å². The van der Waals surface area contributed by atoms with Gasteiger partial charge in [-0.2, -0.15) is 4.31 Å².